The van der Waals surface area contributed by atoms with Crippen molar-refractivity contribution in [2.24, 2.45) is 0 Å². The summed E-state index contributed by atoms with van der Waals surface area (Å²) in [4.78, 5) is 22.7. The minimum Gasteiger partial charge on any atom is -0.457 e. The highest BCUT2D eigenvalue weighted by Crippen LogP contribution is 1.99. The number of hydrogen-bond donors (Lipinski definition) is 0. The van der Waals surface area contributed by atoms with E-state index in [9.17, 15) is 9.59 Å². The van der Waals surface area contributed by atoms with Crippen molar-refractivity contribution >= 4 is 11.9 Å². The molecule has 17 heavy (non-hydrogen) atoms. The highest BCUT2D eigenvalue weighted by Gasteiger charge is 2.25. The molecule has 0 aromatic heterocycles. The maximum atomic E-state index is 11.4. The van der Waals surface area contributed by atoms with Crippen LogP contribution in [0.15, 0.2) is 25.3 Å². The van der Waals surface area contributed by atoms with Crippen LogP contribution in [0.5, 0.6) is 0 Å². The van der Waals surface area contributed by atoms with Gasteiger partial charge in [0.25, 0.3) is 0 Å². The zero-order valence-corrected chi connectivity index (χ0v) is 10.5. The van der Waals surface area contributed by atoms with Gasteiger partial charge in [-0.1, -0.05) is 25.3 Å². The summed E-state index contributed by atoms with van der Waals surface area (Å²) in [6.07, 6.45) is 2.99. The van der Waals surface area contributed by atoms with Gasteiger partial charge in [-0.2, -0.15) is 0 Å². The summed E-state index contributed by atoms with van der Waals surface area (Å²) in [5.74, 6) is -0.738. The molecule has 0 rings (SSSR count). The zero-order chi connectivity index (χ0) is 13.3. The van der Waals surface area contributed by atoms with E-state index in [-0.39, 0.29) is 42.7 Å². The largest absolute Gasteiger partial charge is 0.457 e. The van der Waals surface area contributed by atoms with Gasteiger partial charge in [-0.25, -0.2) is 9.59 Å². The van der Waals surface area contributed by atoms with Crippen LogP contribution in [-0.2, 0) is 19.1 Å². The fourth-order valence-electron chi connectivity index (χ4n) is 1.15. The van der Waals surface area contributed by atoms with Gasteiger partial charge in [0.2, 0.25) is 0 Å². The molecule has 0 amide bonds. The van der Waals surface area contributed by atoms with Crippen LogP contribution in [0.1, 0.15) is 0 Å². The molecular weight excluding hydrogens is 222 g/mol. The number of quaternary nitrogens is 1. The van der Waals surface area contributed by atoms with Crippen molar-refractivity contribution in [3.63, 3.8) is 0 Å². The van der Waals surface area contributed by atoms with Crippen LogP contribution in [0.4, 0.5) is 0 Å². The molecule has 0 saturated heterocycles. The number of carbonyl (C=O) groups is 2. The molecule has 0 N–H and O–H groups in total. The van der Waals surface area contributed by atoms with Gasteiger partial charge in [-0.15, -0.1) is 0 Å². The van der Waals surface area contributed by atoms with Gasteiger partial charge < -0.3 is 14.0 Å². The Bertz CT molecular complexity index is 269. The predicted octanol–water partition coefficient (Wildman–Crippen LogP) is 0.521. The van der Waals surface area contributed by atoms with Crippen LogP contribution in [0.3, 0.4) is 0 Å². The van der Waals surface area contributed by atoms with Crippen molar-refractivity contribution < 1.29 is 23.5 Å². The molecule has 0 aromatic rings. The molecule has 5 nitrogen and oxygen atoms in total. The maximum absolute atomic E-state index is 11.4. The van der Waals surface area contributed by atoms with E-state index in [0.717, 1.165) is 0 Å². The van der Waals surface area contributed by atoms with Gasteiger partial charge in [0, 0.05) is 0 Å². The molecule has 0 aliphatic carbocycles. The van der Waals surface area contributed by atoms with Gasteiger partial charge in [0.1, 0.15) is 13.2 Å². The lowest BCUT2D eigenvalue weighted by Gasteiger charge is -2.27. The minimum absolute atomic E-state index is 0.108. The summed E-state index contributed by atoms with van der Waals surface area (Å²) in [6, 6.07) is 0. The Morgan fingerprint density at radius 2 is 1.35 bits per heavy atom. The van der Waals surface area contributed by atoms with Crippen molar-refractivity contribution in [3.05, 3.63) is 25.3 Å². The highest BCUT2D eigenvalue weighted by molar-refractivity contribution is 5.73. The van der Waals surface area contributed by atoms with Crippen LogP contribution >= 0.6 is 0 Å². The molecule has 0 bridgehead atoms. The molecule has 0 atom stereocenters. The van der Waals surface area contributed by atoms with Gasteiger partial charge in [-0.05, 0) is 0 Å². The number of carbonyl (C=O) groups excluding carboxylic acids is 2. The quantitative estimate of drug-likeness (QED) is 0.354. The summed E-state index contributed by atoms with van der Waals surface area (Å²) < 4.78 is 9.88. The average molecular weight is 242 g/mol. The molecular formula is C12H20NO4+. The van der Waals surface area contributed by atoms with E-state index in [1.165, 1.54) is 12.2 Å². The third-order valence-electron chi connectivity index (χ3n) is 1.84. The van der Waals surface area contributed by atoms with Crippen molar-refractivity contribution in [3.8, 4) is 0 Å². The number of ether oxygens (including phenoxy) is 2. The monoisotopic (exact) mass is 242 g/mol. The van der Waals surface area contributed by atoms with E-state index in [4.69, 9.17) is 9.47 Å². The molecule has 0 spiro atoms. The normalized spacial score (nSPS) is 10.5. The minimum atomic E-state index is -0.369. The lowest BCUT2D eigenvalue weighted by Crippen LogP contribution is -2.48. The topological polar surface area (TPSA) is 52.6 Å². The fourth-order valence-corrected chi connectivity index (χ4v) is 1.15. The smallest absolute Gasteiger partial charge is 0.362 e. The number of esters is 2. The summed E-state index contributed by atoms with van der Waals surface area (Å²) >= 11 is 0. The standard InChI is InChI=1S/C12H20NO4/c1-5-7-16-11(14)9-13(3,4)10-12(15)17-8-6-2/h5-6H,1-2,7-10H2,3-4H3/q+1. The first-order valence-corrected chi connectivity index (χ1v) is 5.26. The first-order chi connectivity index (χ1) is 7.91. The third kappa shape index (κ3) is 8.21. The Kier molecular flexibility index (Phi) is 6.89. The van der Waals surface area contributed by atoms with Crippen LogP contribution in [0.25, 0.3) is 0 Å². The number of rotatable bonds is 8. The number of hydrogen-bond acceptors (Lipinski definition) is 4. The van der Waals surface area contributed by atoms with E-state index in [1.54, 1.807) is 14.1 Å². The SMILES string of the molecule is C=CCOC(=O)C[N+](C)(C)CC(=O)OCC=C. The Balaban J connectivity index is 4.08. The Morgan fingerprint density at radius 1 is 1.00 bits per heavy atom. The molecule has 0 aliphatic rings. The van der Waals surface area contributed by atoms with Crippen molar-refractivity contribution in [1.29, 1.82) is 0 Å². The van der Waals surface area contributed by atoms with Crippen molar-refractivity contribution in [2.75, 3.05) is 40.4 Å². The second-order valence-corrected chi connectivity index (χ2v) is 4.20. The second-order valence-electron chi connectivity index (χ2n) is 4.20. The Labute approximate surface area is 102 Å². The van der Waals surface area contributed by atoms with E-state index in [1.807, 2.05) is 0 Å². The van der Waals surface area contributed by atoms with Crippen molar-refractivity contribution in [1.82, 2.24) is 0 Å². The fraction of sp³-hybridized carbons (Fsp3) is 0.500. The molecule has 0 unspecified atom stereocenters. The van der Waals surface area contributed by atoms with Gasteiger partial charge in [0.05, 0.1) is 14.1 Å². The van der Waals surface area contributed by atoms with Gasteiger partial charge in [-0.3, -0.25) is 0 Å². The summed E-state index contributed by atoms with van der Waals surface area (Å²) in [7, 11) is 3.51. The summed E-state index contributed by atoms with van der Waals surface area (Å²) in [6.45, 7) is 7.47. The van der Waals surface area contributed by atoms with Crippen LogP contribution in [0, 0.1) is 0 Å². The van der Waals surface area contributed by atoms with Crippen LogP contribution < -0.4 is 0 Å². The lowest BCUT2D eigenvalue weighted by molar-refractivity contribution is -0.875. The van der Waals surface area contributed by atoms with Crippen LogP contribution in [0.2, 0.25) is 0 Å². The molecule has 0 radical (unpaired) electrons. The van der Waals surface area contributed by atoms with Gasteiger partial charge >= 0.3 is 11.9 Å². The second kappa shape index (κ2) is 7.62. The first kappa shape index (κ1) is 15.4. The Hall–Kier alpha value is -1.62. The molecule has 5 heteroatoms. The molecule has 0 fully saturated rings. The molecule has 0 saturated carbocycles. The number of likely N-dealkylation sites (N-methyl/N-ethyl adjacent to an activating group) is 1. The Morgan fingerprint density at radius 3 is 1.65 bits per heavy atom. The van der Waals surface area contributed by atoms with Crippen LogP contribution in [-0.4, -0.2) is 56.8 Å². The number of nitrogens with zero attached hydrogens (tertiary/aromatic N) is 1. The van der Waals surface area contributed by atoms with Gasteiger partial charge in [0.15, 0.2) is 13.1 Å². The van der Waals surface area contributed by atoms with E-state index >= 15 is 0 Å². The highest BCUT2D eigenvalue weighted by atomic mass is 16.5. The average Bonchev–Trinajstić information content (AvgIpc) is 2.22. The summed E-state index contributed by atoms with van der Waals surface area (Å²) in [5, 5.41) is 0. The summed E-state index contributed by atoms with van der Waals surface area (Å²) in [5.41, 5.74) is 0. The lowest BCUT2D eigenvalue weighted by atomic mass is 10.4. The van der Waals surface area contributed by atoms with E-state index in [2.05, 4.69) is 13.2 Å². The van der Waals surface area contributed by atoms with Crippen molar-refractivity contribution in [2.45, 2.75) is 0 Å². The third-order valence-corrected chi connectivity index (χ3v) is 1.84. The van der Waals surface area contributed by atoms with E-state index in [0.29, 0.717) is 0 Å². The molecule has 0 aliphatic heterocycles. The zero-order valence-electron chi connectivity index (χ0n) is 10.5. The molecule has 0 heterocycles. The van der Waals surface area contributed by atoms with E-state index < -0.39 is 0 Å². The molecule has 96 valence electrons. The predicted molar refractivity (Wildman–Crippen MR) is 64.2 cm³/mol. The maximum Gasteiger partial charge on any atom is 0.362 e. The molecule has 0 aromatic carbocycles. The first-order valence-electron chi connectivity index (χ1n) is 5.26.